The molecule has 0 atom stereocenters. The number of halogens is 3. The third-order valence-electron chi connectivity index (χ3n) is 2.86. The number of nitrogens with zero attached hydrogens (tertiary/aromatic N) is 3. The molecular formula is C14H11F3N6. The zero-order chi connectivity index (χ0) is 17.0. The number of nitrogens with two attached hydrogens (primary N) is 1. The highest BCUT2D eigenvalue weighted by molar-refractivity contribution is 6.45. The minimum absolute atomic E-state index is 0.0185. The second kappa shape index (κ2) is 6.23. The predicted molar refractivity (Wildman–Crippen MR) is 79.4 cm³/mol. The van der Waals surface area contributed by atoms with Crippen molar-refractivity contribution in [3.05, 3.63) is 48.3 Å². The van der Waals surface area contributed by atoms with Gasteiger partial charge in [0.25, 0.3) is 0 Å². The smallest absolute Gasteiger partial charge is 0.382 e. The number of nitrogens with one attached hydrogen (secondary N) is 2. The summed E-state index contributed by atoms with van der Waals surface area (Å²) in [5.74, 6) is -0.588. The summed E-state index contributed by atoms with van der Waals surface area (Å²) in [5.41, 5.74) is 6.63. The van der Waals surface area contributed by atoms with Crippen molar-refractivity contribution in [1.29, 1.82) is 10.7 Å². The lowest BCUT2D eigenvalue weighted by Gasteiger charge is -2.14. The molecule has 1 heterocycles. The number of nitriles is 1. The minimum atomic E-state index is -4.52. The fourth-order valence-electron chi connectivity index (χ4n) is 1.78. The molecular weight excluding hydrogens is 309 g/mol. The van der Waals surface area contributed by atoms with E-state index < -0.39 is 23.3 Å². The van der Waals surface area contributed by atoms with Crippen LogP contribution in [0, 0.1) is 16.7 Å². The quantitative estimate of drug-likeness (QED) is 0.458. The number of benzene rings is 1. The fourth-order valence-corrected chi connectivity index (χ4v) is 1.78. The first-order valence-corrected chi connectivity index (χ1v) is 6.25. The fraction of sp³-hybridized carbons (Fsp3) is 0.0714. The summed E-state index contributed by atoms with van der Waals surface area (Å²) in [4.78, 5) is 0. The Labute approximate surface area is 129 Å². The highest BCUT2D eigenvalue weighted by atomic mass is 19.4. The van der Waals surface area contributed by atoms with Crippen LogP contribution in [0.3, 0.4) is 0 Å². The van der Waals surface area contributed by atoms with Gasteiger partial charge in [-0.1, -0.05) is 0 Å². The SMILES string of the molecule is N#C/C(=N\Nc1cc(C(F)(F)F)ccc1-n1cccc1)C(=N)N. The van der Waals surface area contributed by atoms with Crippen LogP contribution in [-0.2, 0) is 6.18 Å². The Hall–Kier alpha value is -3.28. The molecule has 4 N–H and O–H groups in total. The van der Waals surface area contributed by atoms with Crippen molar-refractivity contribution in [2.24, 2.45) is 10.8 Å². The van der Waals surface area contributed by atoms with Crippen molar-refractivity contribution < 1.29 is 13.2 Å². The molecule has 0 unspecified atom stereocenters. The molecule has 0 aliphatic rings. The standard InChI is InChI=1S/C14H11F3N6/c15-14(16,17)9-3-4-12(23-5-1-2-6-23)10(7-9)21-22-11(8-18)13(19)20/h1-7,21H,(H3,19,20)/b22-11+. The molecule has 0 saturated carbocycles. The van der Waals surface area contributed by atoms with Crippen LogP contribution in [-0.4, -0.2) is 16.1 Å². The van der Waals surface area contributed by atoms with E-state index in [1.54, 1.807) is 35.2 Å². The molecule has 1 aromatic carbocycles. The van der Waals surface area contributed by atoms with E-state index in [0.717, 1.165) is 12.1 Å². The molecule has 0 fully saturated rings. The summed E-state index contributed by atoms with van der Waals surface area (Å²) in [6.45, 7) is 0. The van der Waals surface area contributed by atoms with Crippen LogP contribution in [0.2, 0.25) is 0 Å². The van der Waals surface area contributed by atoms with E-state index in [4.69, 9.17) is 16.4 Å². The van der Waals surface area contributed by atoms with Crippen molar-refractivity contribution >= 4 is 17.2 Å². The average Bonchev–Trinajstić information content (AvgIpc) is 3.00. The summed E-state index contributed by atoms with van der Waals surface area (Å²) in [5, 5.41) is 19.5. The number of aromatic nitrogens is 1. The van der Waals surface area contributed by atoms with Crippen LogP contribution in [0.25, 0.3) is 5.69 Å². The zero-order valence-corrected chi connectivity index (χ0v) is 11.6. The van der Waals surface area contributed by atoms with Gasteiger partial charge in [-0.3, -0.25) is 10.8 Å². The van der Waals surface area contributed by atoms with Gasteiger partial charge in [0.15, 0.2) is 5.84 Å². The number of alkyl halides is 3. The van der Waals surface area contributed by atoms with Crippen molar-refractivity contribution in [3.63, 3.8) is 0 Å². The maximum atomic E-state index is 12.9. The van der Waals surface area contributed by atoms with E-state index in [1.807, 2.05) is 0 Å². The maximum absolute atomic E-state index is 12.9. The highest BCUT2D eigenvalue weighted by Crippen LogP contribution is 2.33. The number of hydrogen-bond donors (Lipinski definition) is 3. The van der Waals surface area contributed by atoms with Gasteiger partial charge < -0.3 is 10.3 Å². The van der Waals surface area contributed by atoms with Crippen molar-refractivity contribution in [2.75, 3.05) is 5.43 Å². The molecule has 0 bridgehead atoms. The van der Waals surface area contributed by atoms with Crippen LogP contribution in [0.4, 0.5) is 18.9 Å². The van der Waals surface area contributed by atoms with Gasteiger partial charge in [0.2, 0.25) is 5.71 Å². The van der Waals surface area contributed by atoms with Gasteiger partial charge in [0.05, 0.1) is 16.9 Å². The van der Waals surface area contributed by atoms with E-state index in [2.05, 4.69) is 10.5 Å². The second-order valence-corrected chi connectivity index (χ2v) is 4.42. The van der Waals surface area contributed by atoms with Gasteiger partial charge in [0.1, 0.15) is 6.07 Å². The van der Waals surface area contributed by atoms with Gasteiger partial charge in [-0.05, 0) is 30.3 Å². The van der Waals surface area contributed by atoms with E-state index in [0.29, 0.717) is 5.69 Å². The largest absolute Gasteiger partial charge is 0.416 e. The molecule has 2 rings (SSSR count). The van der Waals surface area contributed by atoms with Gasteiger partial charge in [-0.25, -0.2) is 0 Å². The molecule has 9 heteroatoms. The Balaban J connectivity index is 2.49. The number of hydrazone groups is 1. The van der Waals surface area contributed by atoms with Crippen LogP contribution in [0.1, 0.15) is 5.56 Å². The van der Waals surface area contributed by atoms with E-state index in [9.17, 15) is 13.2 Å². The summed E-state index contributed by atoms with van der Waals surface area (Å²) in [6.07, 6.45) is -1.23. The first-order chi connectivity index (χ1) is 10.8. The Bertz CT molecular complexity index is 784. The van der Waals surface area contributed by atoms with Gasteiger partial charge in [-0.2, -0.15) is 23.5 Å². The minimum Gasteiger partial charge on any atom is -0.382 e. The van der Waals surface area contributed by atoms with E-state index in [-0.39, 0.29) is 5.69 Å². The second-order valence-electron chi connectivity index (χ2n) is 4.42. The number of rotatable bonds is 4. The molecule has 118 valence electrons. The van der Waals surface area contributed by atoms with Gasteiger partial charge in [0, 0.05) is 12.4 Å². The Morgan fingerprint density at radius 1 is 1.30 bits per heavy atom. The van der Waals surface area contributed by atoms with Crippen LogP contribution >= 0.6 is 0 Å². The zero-order valence-electron chi connectivity index (χ0n) is 11.6. The molecule has 2 aromatic rings. The van der Waals surface area contributed by atoms with Gasteiger partial charge in [-0.15, -0.1) is 0 Å². The van der Waals surface area contributed by atoms with Crippen molar-refractivity contribution in [3.8, 4) is 11.8 Å². The van der Waals surface area contributed by atoms with Crippen molar-refractivity contribution in [2.45, 2.75) is 6.18 Å². The van der Waals surface area contributed by atoms with E-state index >= 15 is 0 Å². The summed E-state index contributed by atoms with van der Waals surface area (Å²) in [7, 11) is 0. The third kappa shape index (κ3) is 3.68. The molecule has 23 heavy (non-hydrogen) atoms. The number of hydrogen-bond acceptors (Lipinski definition) is 4. The lowest BCUT2D eigenvalue weighted by Crippen LogP contribution is -2.22. The molecule has 6 nitrogen and oxygen atoms in total. The third-order valence-corrected chi connectivity index (χ3v) is 2.86. The molecule has 0 aliphatic heterocycles. The van der Waals surface area contributed by atoms with E-state index in [1.165, 1.54) is 6.07 Å². The summed E-state index contributed by atoms with van der Waals surface area (Å²) >= 11 is 0. The molecule has 0 amide bonds. The first kappa shape index (κ1) is 16.1. The van der Waals surface area contributed by atoms with Crippen LogP contribution in [0.15, 0.2) is 47.8 Å². The predicted octanol–water partition coefficient (Wildman–Crippen LogP) is 2.72. The van der Waals surface area contributed by atoms with Crippen LogP contribution < -0.4 is 11.2 Å². The van der Waals surface area contributed by atoms with Crippen LogP contribution in [0.5, 0.6) is 0 Å². The maximum Gasteiger partial charge on any atom is 0.416 e. The lowest BCUT2D eigenvalue weighted by atomic mass is 10.1. The highest BCUT2D eigenvalue weighted by Gasteiger charge is 2.31. The molecule has 0 spiro atoms. The molecule has 1 aromatic heterocycles. The first-order valence-electron chi connectivity index (χ1n) is 6.25. The normalized spacial score (nSPS) is 11.8. The monoisotopic (exact) mass is 320 g/mol. The Morgan fingerprint density at radius 3 is 2.48 bits per heavy atom. The number of amidine groups is 1. The lowest BCUT2D eigenvalue weighted by molar-refractivity contribution is -0.137. The topological polar surface area (TPSA) is 103 Å². The molecule has 0 saturated heterocycles. The molecule has 0 radical (unpaired) electrons. The Kier molecular flexibility index (Phi) is 4.36. The number of anilines is 1. The summed E-state index contributed by atoms with van der Waals surface area (Å²) < 4.78 is 40.2. The Morgan fingerprint density at radius 2 is 1.96 bits per heavy atom. The van der Waals surface area contributed by atoms with Gasteiger partial charge >= 0.3 is 6.18 Å². The van der Waals surface area contributed by atoms with Crippen molar-refractivity contribution in [1.82, 2.24) is 4.57 Å². The molecule has 0 aliphatic carbocycles. The summed E-state index contributed by atoms with van der Waals surface area (Å²) in [6, 6.07) is 8.09. The average molecular weight is 320 g/mol.